The first-order valence-corrected chi connectivity index (χ1v) is 17.7. The van der Waals surface area contributed by atoms with Gasteiger partial charge in [-0.15, -0.1) is 0 Å². The largest absolute Gasteiger partial charge is 0.478 e. The molecule has 0 saturated heterocycles. The highest BCUT2D eigenvalue weighted by Gasteiger charge is 2.34. The van der Waals surface area contributed by atoms with E-state index in [0.717, 1.165) is 11.8 Å². The van der Waals surface area contributed by atoms with E-state index in [1.165, 1.54) is 11.8 Å². The Bertz CT molecular complexity index is 2000. The van der Waals surface area contributed by atoms with Crippen molar-refractivity contribution in [1.82, 2.24) is 5.32 Å². The van der Waals surface area contributed by atoms with Crippen LogP contribution in [0.25, 0.3) is 0 Å². The summed E-state index contributed by atoms with van der Waals surface area (Å²) in [4.78, 5) is 67.8. The Hall–Kier alpha value is -5.40. The van der Waals surface area contributed by atoms with E-state index in [4.69, 9.17) is 24.4 Å². The van der Waals surface area contributed by atoms with Crippen LogP contribution in [-0.2, 0) is 18.9 Å². The fraction of sp³-hybridized carbons (Fsp3) is 0.211. The molecule has 1 aliphatic carbocycles. The molecule has 0 bridgehead atoms. The van der Waals surface area contributed by atoms with Crippen LogP contribution in [-0.4, -0.2) is 68.5 Å². The molecule has 0 radical (unpaired) electrons. The zero-order valence-corrected chi connectivity index (χ0v) is 29.4. The minimum atomic E-state index is -0.633. The van der Waals surface area contributed by atoms with Crippen molar-refractivity contribution in [2.24, 2.45) is 0 Å². The minimum absolute atomic E-state index is 0.0368. The number of esters is 2. The van der Waals surface area contributed by atoms with Crippen molar-refractivity contribution in [2.45, 2.75) is 39.9 Å². The predicted octanol–water partition coefficient (Wildman–Crippen LogP) is 7.23. The van der Waals surface area contributed by atoms with Crippen LogP contribution >= 0.6 is 23.5 Å². The van der Waals surface area contributed by atoms with Crippen LogP contribution in [0.15, 0.2) is 105 Å². The molecular formula is C38H34N2O9S2. The number of ketones is 2. The first-order valence-electron chi connectivity index (χ1n) is 16.1. The monoisotopic (exact) mass is 726 g/mol. The third-order valence-corrected chi connectivity index (χ3v) is 9.71. The number of hydrogen-bond donors (Lipinski definition) is 2. The average Bonchev–Trinajstić information content (AvgIpc) is 3.14. The molecular weight excluding hydrogens is 693 g/mol. The van der Waals surface area contributed by atoms with Crippen molar-refractivity contribution in [2.75, 3.05) is 33.0 Å². The normalized spacial score (nSPS) is 11.6. The molecule has 13 heteroatoms. The highest BCUT2D eigenvalue weighted by atomic mass is 32.2. The second-order valence-electron chi connectivity index (χ2n) is 10.8. The fourth-order valence-corrected chi connectivity index (χ4v) is 7.25. The van der Waals surface area contributed by atoms with E-state index in [0.29, 0.717) is 32.5 Å². The second-order valence-corrected chi connectivity index (χ2v) is 12.9. The molecule has 4 aromatic rings. The van der Waals surface area contributed by atoms with E-state index in [1.54, 1.807) is 98.8 Å². The molecule has 1 amide bonds. The molecule has 0 fully saturated rings. The Morgan fingerprint density at radius 1 is 0.588 bits per heavy atom. The molecule has 262 valence electrons. The number of amides is 1. The molecule has 0 spiro atoms. The lowest BCUT2D eigenvalue weighted by Crippen LogP contribution is -2.25. The fourth-order valence-electron chi connectivity index (χ4n) is 5.05. The van der Waals surface area contributed by atoms with Gasteiger partial charge < -0.3 is 24.3 Å². The van der Waals surface area contributed by atoms with Crippen LogP contribution in [0.3, 0.4) is 0 Å². The van der Waals surface area contributed by atoms with E-state index in [2.05, 4.69) is 5.32 Å². The van der Waals surface area contributed by atoms with E-state index in [9.17, 15) is 24.0 Å². The summed E-state index contributed by atoms with van der Waals surface area (Å²) in [5.41, 5.74) is 1.43. The molecule has 0 heterocycles. The van der Waals surface area contributed by atoms with E-state index >= 15 is 0 Å². The molecule has 5 rings (SSSR count). The summed E-state index contributed by atoms with van der Waals surface area (Å²) in [5, 5.41) is 10.1. The third-order valence-electron chi connectivity index (χ3n) is 7.43. The summed E-state index contributed by atoms with van der Waals surface area (Å²) in [7, 11) is 0. The van der Waals surface area contributed by atoms with Gasteiger partial charge in [0.15, 0.2) is 17.5 Å². The number of benzene rings is 4. The van der Waals surface area contributed by atoms with Crippen LogP contribution in [0.2, 0.25) is 0 Å². The summed E-state index contributed by atoms with van der Waals surface area (Å²) in [5.74, 6) is -1.81. The average molecular weight is 727 g/mol. The van der Waals surface area contributed by atoms with E-state index < -0.39 is 18.0 Å². The molecule has 51 heavy (non-hydrogen) atoms. The Morgan fingerprint density at radius 3 is 1.49 bits per heavy atom. The molecule has 11 nitrogen and oxygen atoms in total. The van der Waals surface area contributed by atoms with Crippen molar-refractivity contribution >= 4 is 59.0 Å². The molecule has 1 aliphatic rings. The van der Waals surface area contributed by atoms with Crippen LogP contribution in [0, 0.1) is 5.41 Å². The number of nitrogens with one attached hydrogen (secondary N) is 2. The highest BCUT2D eigenvalue weighted by molar-refractivity contribution is 7.99. The van der Waals surface area contributed by atoms with Gasteiger partial charge in [0.25, 0.3) is 0 Å². The molecule has 0 saturated carbocycles. The summed E-state index contributed by atoms with van der Waals surface area (Å²) in [6, 6.07) is 23.6. The summed E-state index contributed by atoms with van der Waals surface area (Å²) < 4.78 is 20.9. The maximum atomic E-state index is 14.1. The Kier molecular flexibility index (Phi) is 12.7. The van der Waals surface area contributed by atoms with Gasteiger partial charge in [0, 0.05) is 54.8 Å². The topological polar surface area (TPSA) is 158 Å². The van der Waals surface area contributed by atoms with Gasteiger partial charge in [0.05, 0.1) is 11.1 Å². The predicted molar refractivity (Wildman–Crippen MR) is 190 cm³/mol. The van der Waals surface area contributed by atoms with Gasteiger partial charge in [-0.2, -0.15) is 0 Å². The third kappa shape index (κ3) is 8.86. The molecule has 4 aromatic carbocycles. The van der Waals surface area contributed by atoms with Gasteiger partial charge in [0.1, 0.15) is 26.4 Å². The van der Waals surface area contributed by atoms with Crippen LogP contribution in [0.1, 0.15) is 72.8 Å². The molecule has 0 unspecified atom stereocenters. The number of hydrogen-bond acceptors (Lipinski definition) is 12. The zero-order valence-electron chi connectivity index (χ0n) is 27.8. The SMILES string of the molecule is CCNC(=O)OCCOC(=O)c1ccccc1Sc1cccc2c1C(=O)c1cccc(Sc3ccccc3C(=O)OCCOC(=N)CC)c1C2=O. The summed E-state index contributed by atoms with van der Waals surface area (Å²) in [6.07, 6.45) is -0.173. The highest BCUT2D eigenvalue weighted by Crippen LogP contribution is 2.42. The zero-order chi connectivity index (χ0) is 36.3. The van der Waals surface area contributed by atoms with Gasteiger partial charge in [-0.1, -0.05) is 79.0 Å². The standard InChI is InChI=1S/C38H34N2O9S2/c1-3-31(39)46-19-20-47-36(43)23-11-5-7-15-27(23)50-29-17-9-13-25-32(29)34(41)26-14-10-18-30(33(26)35(25)42)51-28-16-8-6-12-24(28)37(44)48-21-22-49-38(45)40-4-2/h5-18,39H,3-4,19-22H2,1-2H3,(H,40,45). The number of ether oxygens (including phenoxy) is 4. The summed E-state index contributed by atoms with van der Waals surface area (Å²) >= 11 is 2.35. The summed E-state index contributed by atoms with van der Waals surface area (Å²) in [6.45, 7) is 3.71. The molecule has 0 aromatic heterocycles. The minimum Gasteiger partial charge on any atom is -0.478 e. The second kappa shape index (κ2) is 17.5. The Morgan fingerprint density at radius 2 is 1.02 bits per heavy atom. The van der Waals surface area contributed by atoms with Crippen molar-refractivity contribution < 1.29 is 42.9 Å². The van der Waals surface area contributed by atoms with E-state index in [-0.39, 0.29) is 77.3 Å². The van der Waals surface area contributed by atoms with Crippen molar-refractivity contribution in [1.29, 1.82) is 5.41 Å². The van der Waals surface area contributed by atoms with Crippen LogP contribution in [0.4, 0.5) is 4.79 Å². The van der Waals surface area contributed by atoms with Gasteiger partial charge in [-0.3, -0.25) is 15.0 Å². The molecule has 2 N–H and O–H groups in total. The molecule has 0 aliphatic heterocycles. The van der Waals surface area contributed by atoms with Gasteiger partial charge in [-0.05, 0) is 43.3 Å². The van der Waals surface area contributed by atoms with E-state index in [1.807, 2.05) is 0 Å². The number of rotatable bonds is 14. The van der Waals surface area contributed by atoms with Crippen LogP contribution in [0.5, 0.6) is 0 Å². The van der Waals surface area contributed by atoms with Gasteiger partial charge in [0.2, 0.25) is 0 Å². The number of carbonyl (C=O) groups excluding carboxylic acids is 5. The molecule has 0 atom stereocenters. The number of fused-ring (bicyclic) bond motifs is 2. The number of carbonyl (C=O) groups is 5. The number of alkyl carbamates (subject to hydrolysis) is 1. The van der Waals surface area contributed by atoms with Crippen molar-refractivity contribution in [3.05, 3.63) is 118 Å². The van der Waals surface area contributed by atoms with Crippen molar-refractivity contribution in [3.63, 3.8) is 0 Å². The maximum Gasteiger partial charge on any atom is 0.407 e. The Balaban J connectivity index is 1.36. The lowest BCUT2D eigenvalue weighted by atomic mass is 9.84. The van der Waals surface area contributed by atoms with Gasteiger partial charge >= 0.3 is 18.0 Å². The lowest BCUT2D eigenvalue weighted by molar-refractivity contribution is 0.0397. The van der Waals surface area contributed by atoms with Crippen LogP contribution < -0.4 is 5.32 Å². The quantitative estimate of drug-likeness (QED) is 0.0391. The smallest absolute Gasteiger partial charge is 0.407 e. The van der Waals surface area contributed by atoms with Gasteiger partial charge in [-0.25, -0.2) is 14.4 Å². The first-order chi connectivity index (χ1) is 24.7. The van der Waals surface area contributed by atoms with Crippen molar-refractivity contribution in [3.8, 4) is 0 Å². The Labute approximate surface area is 302 Å². The first kappa shape index (κ1) is 36.9. The maximum absolute atomic E-state index is 14.1. The lowest BCUT2D eigenvalue weighted by Gasteiger charge is -2.22.